The molecule has 1 aromatic carbocycles. The molecule has 0 saturated heterocycles. The van der Waals surface area contributed by atoms with Crippen LogP contribution in [-0.4, -0.2) is 19.7 Å². The van der Waals surface area contributed by atoms with Crippen LogP contribution in [0.15, 0.2) is 34.7 Å². The number of pyridine rings is 1. The van der Waals surface area contributed by atoms with Crippen LogP contribution in [0, 0.1) is 27.7 Å². The van der Waals surface area contributed by atoms with Crippen LogP contribution in [0.25, 0.3) is 22.5 Å². The summed E-state index contributed by atoms with van der Waals surface area (Å²) in [5.41, 5.74) is 5.79. The fourth-order valence-corrected chi connectivity index (χ4v) is 3.31. The third-order valence-corrected chi connectivity index (χ3v) is 4.66. The van der Waals surface area contributed by atoms with E-state index in [1.165, 1.54) is 5.56 Å². The Bertz CT molecular complexity index is 1140. The van der Waals surface area contributed by atoms with Gasteiger partial charge in [-0.3, -0.25) is 4.68 Å². The van der Waals surface area contributed by atoms with Gasteiger partial charge in [-0.25, -0.2) is 4.98 Å². The monoisotopic (exact) mass is 362 g/mol. The number of hydrogen-bond donors (Lipinski definition) is 0. The van der Waals surface area contributed by atoms with E-state index in [9.17, 15) is 0 Å². The molecule has 0 aliphatic carbocycles. The fraction of sp³-hybridized carbons (Fsp3) is 0.286. The first-order valence-corrected chi connectivity index (χ1v) is 8.89. The standard InChI is InChI=1S/C21H22N4O2/c1-12-7-6-8-16(9-12)21-22-17(15(4)27-21)11-26-18-10-13(2)19-14(3)24-25(5)20(19)23-18/h6-10H,11H2,1-5H3. The van der Waals surface area contributed by atoms with Crippen LogP contribution in [0.5, 0.6) is 5.88 Å². The number of nitrogens with zero attached hydrogens (tertiary/aromatic N) is 4. The summed E-state index contributed by atoms with van der Waals surface area (Å²) in [6.45, 7) is 8.28. The molecule has 27 heavy (non-hydrogen) atoms. The van der Waals surface area contributed by atoms with Crippen molar-refractivity contribution in [1.29, 1.82) is 0 Å². The number of rotatable bonds is 4. The second kappa shape index (κ2) is 6.54. The van der Waals surface area contributed by atoms with Crippen LogP contribution < -0.4 is 4.74 Å². The first-order chi connectivity index (χ1) is 12.9. The van der Waals surface area contributed by atoms with Crippen LogP contribution in [0.3, 0.4) is 0 Å². The van der Waals surface area contributed by atoms with Gasteiger partial charge in [-0.05, 0) is 45.4 Å². The van der Waals surface area contributed by atoms with E-state index in [1.54, 1.807) is 4.68 Å². The molecule has 0 saturated carbocycles. The zero-order valence-corrected chi connectivity index (χ0v) is 16.2. The van der Waals surface area contributed by atoms with Gasteiger partial charge in [0.25, 0.3) is 0 Å². The summed E-state index contributed by atoms with van der Waals surface area (Å²) in [6.07, 6.45) is 0. The molecule has 0 amide bonds. The van der Waals surface area contributed by atoms with Crippen LogP contribution in [-0.2, 0) is 13.7 Å². The lowest BCUT2D eigenvalue weighted by Crippen LogP contribution is -2.01. The normalized spacial score (nSPS) is 11.3. The fourth-order valence-electron chi connectivity index (χ4n) is 3.31. The maximum Gasteiger partial charge on any atom is 0.226 e. The quantitative estimate of drug-likeness (QED) is 0.537. The zero-order valence-electron chi connectivity index (χ0n) is 16.2. The zero-order chi connectivity index (χ0) is 19.1. The topological polar surface area (TPSA) is 66.0 Å². The molecule has 0 aliphatic heterocycles. The number of fused-ring (bicyclic) bond motifs is 1. The lowest BCUT2D eigenvalue weighted by atomic mass is 10.1. The SMILES string of the molecule is Cc1cccc(-c2nc(COc3cc(C)c4c(C)nn(C)c4n3)c(C)o2)c1. The molecular formula is C21H22N4O2. The smallest absolute Gasteiger partial charge is 0.226 e. The van der Waals surface area contributed by atoms with Gasteiger partial charge in [-0.2, -0.15) is 10.1 Å². The van der Waals surface area contributed by atoms with Crippen molar-refractivity contribution in [3.8, 4) is 17.3 Å². The number of aromatic nitrogens is 4. The molecule has 0 unspecified atom stereocenters. The Hall–Kier alpha value is -3.15. The van der Waals surface area contributed by atoms with Crippen molar-refractivity contribution in [2.24, 2.45) is 7.05 Å². The van der Waals surface area contributed by atoms with E-state index in [-0.39, 0.29) is 0 Å². The third kappa shape index (κ3) is 3.18. The molecule has 4 rings (SSSR count). The van der Waals surface area contributed by atoms with Gasteiger partial charge in [0.1, 0.15) is 18.1 Å². The van der Waals surface area contributed by atoms with Crippen LogP contribution in [0.1, 0.15) is 28.3 Å². The molecular weight excluding hydrogens is 340 g/mol. The van der Waals surface area contributed by atoms with Gasteiger partial charge in [0.15, 0.2) is 5.65 Å². The first kappa shape index (κ1) is 17.3. The Balaban J connectivity index is 1.59. The third-order valence-electron chi connectivity index (χ3n) is 4.66. The van der Waals surface area contributed by atoms with E-state index in [1.807, 2.05) is 59.0 Å². The minimum atomic E-state index is 0.302. The van der Waals surface area contributed by atoms with Gasteiger partial charge < -0.3 is 9.15 Å². The summed E-state index contributed by atoms with van der Waals surface area (Å²) in [4.78, 5) is 9.20. The Labute approximate surface area is 157 Å². The molecule has 3 aromatic heterocycles. The maximum absolute atomic E-state index is 5.92. The molecule has 0 fully saturated rings. The van der Waals surface area contributed by atoms with Crippen molar-refractivity contribution in [3.63, 3.8) is 0 Å². The van der Waals surface area contributed by atoms with E-state index in [4.69, 9.17) is 9.15 Å². The van der Waals surface area contributed by atoms with E-state index >= 15 is 0 Å². The first-order valence-electron chi connectivity index (χ1n) is 8.89. The van der Waals surface area contributed by atoms with Crippen LogP contribution >= 0.6 is 0 Å². The number of ether oxygens (including phenoxy) is 1. The number of benzene rings is 1. The van der Waals surface area contributed by atoms with Gasteiger partial charge in [0, 0.05) is 24.1 Å². The molecule has 0 spiro atoms. The molecule has 0 aliphatic rings. The molecule has 4 aromatic rings. The lowest BCUT2D eigenvalue weighted by Gasteiger charge is -2.06. The highest BCUT2D eigenvalue weighted by atomic mass is 16.5. The highest BCUT2D eigenvalue weighted by molar-refractivity contribution is 5.82. The van der Waals surface area contributed by atoms with E-state index < -0.39 is 0 Å². The van der Waals surface area contributed by atoms with E-state index in [0.717, 1.165) is 39.3 Å². The van der Waals surface area contributed by atoms with Crippen molar-refractivity contribution >= 4 is 11.0 Å². The van der Waals surface area contributed by atoms with Gasteiger partial charge in [-0.15, -0.1) is 0 Å². The minimum absolute atomic E-state index is 0.302. The minimum Gasteiger partial charge on any atom is -0.471 e. The van der Waals surface area contributed by atoms with Gasteiger partial charge >= 0.3 is 0 Å². The molecule has 6 nitrogen and oxygen atoms in total. The summed E-state index contributed by atoms with van der Waals surface area (Å²) >= 11 is 0. The second-order valence-corrected chi connectivity index (χ2v) is 6.87. The summed E-state index contributed by atoms with van der Waals surface area (Å²) in [5, 5.41) is 5.51. The average Bonchev–Trinajstić information content (AvgIpc) is 3.13. The highest BCUT2D eigenvalue weighted by Crippen LogP contribution is 2.26. The number of aryl methyl sites for hydroxylation is 5. The summed E-state index contributed by atoms with van der Waals surface area (Å²) in [6, 6.07) is 10.0. The van der Waals surface area contributed by atoms with Crippen molar-refractivity contribution in [2.75, 3.05) is 0 Å². The molecule has 0 N–H and O–H groups in total. The van der Waals surface area contributed by atoms with Gasteiger partial charge in [0.2, 0.25) is 11.8 Å². The maximum atomic E-state index is 5.92. The second-order valence-electron chi connectivity index (χ2n) is 6.87. The largest absolute Gasteiger partial charge is 0.471 e. The Morgan fingerprint density at radius 3 is 2.67 bits per heavy atom. The summed E-state index contributed by atoms with van der Waals surface area (Å²) < 4.78 is 13.5. The Morgan fingerprint density at radius 2 is 1.89 bits per heavy atom. The molecule has 6 heteroatoms. The molecule has 0 radical (unpaired) electrons. The summed E-state index contributed by atoms with van der Waals surface area (Å²) in [7, 11) is 1.89. The lowest BCUT2D eigenvalue weighted by molar-refractivity contribution is 0.288. The molecule has 138 valence electrons. The molecule has 0 bridgehead atoms. The molecule has 0 atom stereocenters. The van der Waals surface area contributed by atoms with Crippen molar-refractivity contribution in [2.45, 2.75) is 34.3 Å². The van der Waals surface area contributed by atoms with Crippen molar-refractivity contribution < 1.29 is 9.15 Å². The predicted molar refractivity (Wildman–Crippen MR) is 104 cm³/mol. The Morgan fingerprint density at radius 1 is 1.07 bits per heavy atom. The van der Waals surface area contributed by atoms with Crippen LogP contribution in [0.2, 0.25) is 0 Å². The number of oxazole rings is 1. The Kier molecular flexibility index (Phi) is 4.18. The van der Waals surface area contributed by atoms with Crippen LogP contribution in [0.4, 0.5) is 0 Å². The summed E-state index contributed by atoms with van der Waals surface area (Å²) in [5.74, 6) is 1.92. The molecule has 3 heterocycles. The predicted octanol–water partition coefficient (Wildman–Crippen LogP) is 4.44. The van der Waals surface area contributed by atoms with E-state index in [0.29, 0.717) is 18.4 Å². The number of hydrogen-bond acceptors (Lipinski definition) is 5. The van der Waals surface area contributed by atoms with Gasteiger partial charge in [0.05, 0.1) is 5.69 Å². The highest BCUT2D eigenvalue weighted by Gasteiger charge is 2.15. The van der Waals surface area contributed by atoms with E-state index in [2.05, 4.69) is 21.1 Å². The van der Waals surface area contributed by atoms with Crippen molar-refractivity contribution in [3.05, 3.63) is 58.6 Å². The van der Waals surface area contributed by atoms with Gasteiger partial charge in [-0.1, -0.05) is 17.7 Å². The average molecular weight is 362 g/mol. The van der Waals surface area contributed by atoms with Crippen molar-refractivity contribution in [1.82, 2.24) is 19.7 Å².